The lowest BCUT2D eigenvalue weighted by Gasteiger charge is -2.30. The lowest BCUT2D eigenvalue weighted by Crippen LogP contribution is -2.36. The SMILES string of the molecule is O=[SH](=O)Nc1ccc(N2CCOCC2)c2cccnc12. The number of aromatic nitrogens is 1. The van der Waals surface area contributed by atoms with Gasteiger partial charge in [0.25, 0.3) is 0 Å². The van der Waals surface area contributed by atoms with Gasteiger partial charge in [-0.25, -0.2) is 8.42 Å². The molecule has 7 heteroatoms. The predicted octanol–water partition coefficient (Wildman–Crippen LogP) is 1.01. The monoisotopic (exact) mass is 293 g/mol. The van der Waals surface area contributed by atoms with Gasteiger partial charge in [0, 0.05) is 30.4 Å². The summed E-state index contributed by atoms with van der Waals surface area (Å²) in [6, 6.07) is 7.49. The Hall–Kier alpha value is -1.86. The average molecular weight is 293 g/mol. The van der Waals surface area contributed by atoms with Crippen LogP contribution in [0.25, 0.3) is 10.9 Å². The van der Waals surface area contributed by atoms with Gasteiger partial charge in [0.1, 0.15) is 0 Å². The Bertz CT molecular complexity index is 688. The smallest absolute Gasteiger partial charge is 0.222 e. The van der Waals surface area contributed by atoms with Crippen molar-refractivity contribution < 1.29 is 13.2 Å². The molecule has 0 aliphatic carbocycles. The Morgan fingerprint density at radius 2 is 2.00 bits per heavy atom. The van der Waals surface area contributed by atoms with Crippen molar-refractivity contribution in [1.29, 1.82) is 0 Å². The van der Waals surface area contributed by atoms with Crippen molar-refractivity contribution in [3.8, 4) is 0 Å². The molecule has 106 valence electrons. The van der Waals surface area contributed by atoms with Crippen molar-refractivity contribution in [3.05, 3.63) is 30.5 Å². The van der Waals surface area contributed by atoms with Crippen LogP contribution in [0.4, 0.5) is 11.4 Å². The molecule has 1 aliphatic rings. The number of nitrogens with zero attached hydrogens (tertiary/aromatic N) is 2. The summed E-state index contributed by atoms with van der Waals surface area (Å²) in [6.45, 7) is 3.06. The largest absolute Gasteiger partial charge is 0.378 e. The van der Waals surface area contributed by atoms with Gasteiger partial charge in [-0.15, -0.1) is 0 Å². The van der Waals surface area contributed by atoms with E-state index in [2.05, 4.69) is 14.6 Å². The van der Waals surface area contributed by atoms with Crippen molar-refractivity contribution in [2.75, 3.05) is 35.9 Å². The molecule has 0 unspecified atom stereocenters. The Morgan fingerprint density at radius 3 is 2.75 bits per heavy atom. The number of thiol groups is 1. The van der Waals surface area contributed by atoms with Gasteiger partial charge < -0.3 is 9.64 Å². The van der Waals surface area contributed by atoms with E-state index in [0.717, 1.165) is 24.2 Å². The van der Waals surface area contributed by atoms with Crippen LogP contribution in [0.1, 0.15) is 0 Å². The van der Waals surface area contributed by atoms with Crippen LogP contribution >= 0.6 is 0 Å². The van der Waals surface area contributed by atoms with Crippen molar-refractivity contribution in [1.82, 2.24) is 4.98 Å². The van der Waals surface area contributed by atoms with Gasteiger partial charge in [0.2, 0.25) is 10.9 Å². The highest BCUT2D eigenvalue weighted by atomic mass is 32.2. The first-order valence-corrected chi connectivity index (χ1v) is 7.55. The zero-order chi connectivity index (χ0) is 13.9. The number of ether oxygens (including phenoxy) is 1. The molecule has 0 spiro atoms. The van der Waals surface area contributed by atoms with Crippen LogP contribution in [-0.4, -0.2) is 39.7 Å². The molecule has 0 bridgehead atoms. The molecule has 1 aromatic heterocycles. The summed E-state index contributed by atoms with van der Waals surface area (Å²) < 4.78 is 29.5. The van der Waals surface area contributed by atoms with E-state index < -0.39 is 10.9 Å². The predicted molar refractivity (Wildman–Crippen MR) is 78.7 cm³/mol. The maximum absolute atomic E-state index is 10.9. The number of pyridine rings is 1. The summed E-state index contributed by atoms with van der Waals surface area (Å²) in [5.74, 6) is 0. The highest BCUT2D eigenvalue weighted by molar-refractivity contribution is 7.73. The molecule has 0 radical (unpaired) electrons. The molecule has 0 saturated carbocycles. The zero-order valence-electron chi connectivity index (χ0n) is 10.8. The molecule has 1 saturated heterocycles. The Morgan fingerprint density at radius 1 is 1.20 bits per heavy atom. The normalized spacial score (nSPS) is 15.8. The Balaban J connectivity index is 2.10. The first-order chi connectivity index (χ1) is 9.75. The second-order valence-corrected chi connectivity index (χ2v) is 5.24. The van der Waals surface area contributed by atoms with Crippen molar-refractivity contribution >= 4 is 33.2 Å². The fourth-order valence-electron chi connectivity index (χ4n) is 2.43. The average Bonchev–Trinajstić information content (AvgIpc) is 2.48. The van der Waals surface area contributed by atoms with E-state index in [1.165, 1.54) is 0 Å². The first-order valence-electron chi connectivity index (χ1n) is 6.37. The molecule has 1 aliphatic heterocycles. The van der Waals surface area contributed by atoms with Gasteiger partial charge in [0.05, 0.1) is 24.4 Å². The Kier molecular flexibility index (Phi) is 3.70. The van der Waals surface area contributed by atoms with Crippen LogP contribution in [0.3, 0.4) is 0 Å². The quantitative estimate of drug-likeness (QED) is 0.826. The number of anilines is 2. The lowest BCUT2D eigenvalue weighted by atomic mass is 10.1. The summed E-state index contributed by atoms with van der Waals surface area (Å²) in [5.41, 5.74) is 2.23. The molecule has 20 heavy (non-hydrogen) atoms. The third kappa shape index (κ3) is 2.54. The molecular formula is C13H15N3O3S. The molecule has 6 nitrogen and oxygen atoms in total. The molecule has 1 N–H and O–H groups in total. The van der Waals surface area contributed by atoms with Crippen molar-refractivity contribution in [2.45, 2.75) is 0 Å². The van der Waals surface area contributed by atoms with Crippen LogP contribution in [0.2, 0.25) is 0 Å². The van der Waals surface area contributed by atoms with Crippen LogP contribution in [0, 0.1) is 0 Å². The Labute approximate surface area is 118 Å². The number of rotatable bonds is 3. The van der Waals surface area contributed by atoms with Crippen LogP contribution in [0.5, 0.6) is 0 Å². The van der Waals surface area contributed by atoms with Crippen molar-refractivity contribution in [2.24, 2.45) is 0 Å². The maximum Gasteiger partial charge on any atom is 0.222 e. The second kappa shape index (κ2) is 5.64. The van der Waals surface area contributed by atoms with Crippen LogP contribution < -0.4 is 9.62 Å². The van der Waals surface area contributed by atoms with E-state index in [-0.39, 0.29) is 0 Å². The highest BCUT2D eigenvalue weighted by Crippen LogP contribution is 2.31. The summed E-state index contributed by atoms with van der Waals surface area (Å²) in [4.78, 5) is 6.53. The minimum atomic E-state index is -2.70. The van der Waals surface area contributed by atoms with Gasteiger partial charge in [-0.2, -0.15) is 0 Å². The second-order valence-electron chi connectivity index (χ2n) is 4.50. The standard InChI is InChI=1S/C13H15N3O3S/c17-20(18)15-11-3-4-12(16-6-8-19-9-7-16)10-2-1-5-14-13(10)11/h1-5,20H,6-9H2,(H,15,17,18). The molecule has 2 aromatic rings. The first kappa shape index (κ1) is 13.1. The van der Waals surface area contributed by atoms with Gasteiger partial charge in [-0.1, -0.05) is 0 Å². The molecule has 2 heterocycles. The third-order valence-corrected chi connectivity index (χ3v) is 3.73. The lowest BCUT2D eigenvalue weighted by molar-refractivity contribution is 0.123. The summed E-state index contributed by atoms with van der Waals surface area (Å²) in [5, 5.41) is 0.941. The fraction of sp³-hybridized carbons (Fsp3) is 0.308. The topological polar surface area (TPSA) is 71.5 Å². The maximum atomic E-state index is 10.9. The zero-order valence-corrected chi connectivity index (χ0v) is 11.7. The number of fused-ring (bicyclic) bond motifs is 1. The van der Waals surface area contributed by atoms with Gasteiger partial charge >= 0.3 is 0 Å². The fourth-order valence-corrected chi connectivity index (χ4v) is 2.80. The van der Waals surface area contributed by atoms with Gasteiger partial charge in [-0.3, -0.25) is 9.71 Å². The van der Waals surface area contributed by atoms with Gasteiger partial charge in [0.15, 0.2) is 0 Å². The number of morpholine rings is 1. The highest BCUT2D eigenvalue weighted by Gasteiger charge is 2.15. The van der Waals surface area contributed by atoms with E-state index in [1.807, 2.05) is 18.2 Å². The molecule has 0 amide bonds. The molecule has 3 rings (SSSR count). The molecule has 1 aromatic carbocycles. The summed E-state index contributed by atoms with van der Waals surface area (Å²) in [6.07, 6.45) is 1.66. The van der Waals surface area contributed by atoms with E-state index in [9.17, 15) is 8.42 Å². The third-order valence-electron chi connectivity index (χ3n) is 3.31. The van der Waals surface area contributed by atoms with E-state index in [4.69, 9.17) is 4.74 Å². The number of hydrogen-bond donors (Lipinski definition) is 2. The van der Waals surface area contributed by atoms with Crippen LogP contribution in [-0.2, 0) is 15.6 Å². The van der Waals surface area contributed by atoms with E-state index in [0.29, 0.717) is 24.4 Å². The number of hydrogen-bond acceptors (Lipinski definition) is 5. The minimum Gasteiger partial charge on any atom is -0.378 e. The van der Waals surface area contributed by atoms with Crippen molar-refractivity contribution in [3.63, 3.8) is 0 Å². The number of nitrogens with one attached hydrogen (secondary N) is 1. The summed E-state index contributed by atoms with van der Waals surface area (Å²) in [7, 11) is -2.70. The molecular weight excluding hydrogens is 278 g/mol. The summed E-state index contributed by atoms with van der Waals surface area (Å²) >= 11 is 0. The van der Waals surface area contributed by atoms with Crippen LogP contribution in [0.15, 0.2) is 30.5 Å². The van der Waals surface area contributed by atoms with Gasteiger partial charge in [-0.05, 0) is 24.3 Å². The molecule has 1 fully saturated rings. The minimum absolute atomic E-state index is 0.508. The number of benzene rings is 1. The van der Waals surface area contributed by atoms with E-state index in [1.54, 1.807) is 12.3 Å². The molecule has 0 atom stereocenters. The van der Waals surface area contributed by atoms with E-state index >= 15 is 0 Å².